The molecule has 25 valence electrons. The van der Waals surface area contributed by atoms with Gasteiger partial charge in [-0.05, 0) is 0 Å². The van der Waals surface area contributed by atoms with E-state index in [0.717, 1.165) is 0 Å². The van der Waals surface area contributed by atoms with Gasteiger partial charge < -0.3 is 0 Å². The van der Waals surface area contributed by atoms with E-state index in [1.807, 2.05) is 0 Å². The maximum Gasteiger partial charge on any atom is 0.0451 e. The molecule has 0 N–H and O–H groups in total. The third-order valence-corrected chi connectivity index (χ3v) is 0.319. The van der Waals surface area contributed by atoms with Crippen LogP contribution in [-0.4, -0.2) is 5.37 Å². The van der Waals surface area contributed by atoms with Crippen molar-refractivity contribution in [3.63, 3.8) is 0 Å². The highest BCUT2D eigenvalue weighted by Gasteiger charge is 1.56. The minimum atomic E-state index is 0.481. The van der Waals surface area contributed by atoms with Gasteiger partial charge in [-0.2, -0.15) is 0 Å². The van der Waals surface area contributed by atoms with E-state index in [4.69, 9.17) is 6.42 Å². The Morgan fingerprint density at radius 2 is 2.40 bits per heavy atom. The highest BCUT2D eigenvalue weighted by Crippen LogP contribution is 1.60. The van der Waals surface area contributed by atoms with Gasteiger partial charge in [0, 0.05) is 11.8 Å². The van der Waals surface area contributed by atoms with Crippen molar-refractivity contribution in [3.05, 3.63) is 0 Å². The lowest BCUT2D eigenvalue weighted by Crippen LogP contribution is -1.55. The first-order chi connectivity index (χ1) is 2.41. The van der Waals surface area contributed by atoms with E-state index in [1.165, 1.54) is 0 Å². The molecule has 0 atom stereocenters. The van der Waals surface area contributed by atoms with Crippen LogP contribution >= 0.6 is 12.2 Å². The minimum Gasteiger partial charge on any atom is -0.120 e. The first kappa shape index (κ1) is 4.65. The molecule has 0 saturated heterocycles. The van der Waals surface area contributed by atoms with Crippen LogP contribution in [0.2, 0.25) is 0 Å². The van der Waals surface area contributed by atoms with Crippen LogP contribution in [0.25, 0.3) is 0 Å². The van der Waals surface area contributed by atoms with Crippen LogP contribution in [0.15, 0.2) is 0 Å². The standard InChI is InChI=1S/C4H3S/c1-2-3-4-5/h1H,3H2. The molecule has 0 aromatic rings. The third-order valence-electron chi connectivity index (χ3n) is 0.174. The van der Waals surface area contributed by atoms with Gasteiger partial charge in [0.25, 0.3) is 0 Å². The molecule has 0 bridgehead atoms. The van der Waals surface area contributed by atoms with Crippen molar-refractivity contribution in [2.24, 2.45) is 0 Å². The van der Waals surface area contributed by atoms with Gasteiger partial charge in [-0.25, -0.2) is 0 Å². The Balaban J connectivity index is 2.75. The number of rotatable bonds is 1. The van der Waals surface area contributed by atoms with Gasteiger partial charge in [-0.1, -0.05) is 12.2 Å². The van der Waals surface area contributed by atoms with E-state index in [2.05, 4.69) is 23.5 Å². The number of terminal acetylenes is 1. The summed E-state index contributed by atoms with van der Waals surface area (Å²) in [6.45, 7) is 0. The Bertz CT molecular complexity index is 58.5. The van der Waals surface area contributed by atoms with Gasteiger partial charge in [0.05, 0.1) is 0 Å². The molecule has 0 aliphatic rings. The molecule has 0 nitrogen and oxygen atoms in total. The van der Waals surface area contributed by atoms with Crippen molar-refractivity contribution in [2.45, 2.75) is 6.42 Å². The average Bonchev–Trinajstić information content (AvgIpc) is 1.41. The normalized spacial score (nSPS) is 5.40. The molecule has 0 amide bonds. The molecule has 0 unspecified atom stereocenters. The highest BCUT2D eigenvalue weighted by molar-refractivity contribution is 7.79. The summed E-state index contributed by atoms with van der Waals surface area (Å²) >= 11 is 4.26. The van der Waals surface area contributed by atoms with Gasteiger partial charge in [-0.3, -0.25) is 0 Å². The van der Waals surface area contributed by atoms with Gasteiger partial charge in [0.1, 0.15) is 0 Å². The largest absolute Gasteiger partial charge is 0.120 e. The second-order valence-electron chi connectivity index (χ2n) is 0.525. The molecule has 5 heavy (non-hydrogen) atoms. The fraction of sp³-hybridized carbons (Fsp3) is 0.250. The Hall–Kier alpha value is -0.350. The van der Waals surface area contributed by atoms with E-state index in [0.29, 0.717) is 6.42 Å². The zero-order chi connectivity index (χ0) is 4.12. The van der Waals surface area contributed by atoms with E-state index >= 15 is 0 Å². The molecule has 0 aromatic carbocycles. The maximum absolute atomic E-state index is 4.76. The molecule has 1 heteroatoms. The predicted octanol–water partition coefficient (Wildman–Crippen LogP) is 0.886. The summed E-state index contributed by atoms with van der Waals surface area (Å²) in [7, 11) is 0. The summed E-state index contributed by atoms with van der Waals surface area (Å²) in [4.78, 5) is 0. The molecule has 0 heterocycles. The van der Waals surface area contributed by atoms with Crippen LogP contribution in [0, 0.1) is 12.3 Å². The molecule has 0 aliphatic heterocycles. The van der Waals surface area contributed by atoms with E-state index in [1.54, 1.807) is 0 Å². The minimum absolute atomic E-state index is 0.481. The van der Waals surface area contributed by atoms with Crippen molar-refractivity contribution in [2.75, 3.05) is 0 Å². The summed E-state index contributed by atoms with van der Waals surface area (Å²) in [5, 5.41) is 2.36. The van der Waals surface area contributed by atoms with Crippen molar-refractivity contribution >= 4 is 17.6 Å². The van der Waals surface area contributed by atoms with Crippen LogP contribution in [0.1, 0.15) is 6.42 Å². The molecule has 0 fully saturated rings. The van der Waals surface area contributed by atoms with Crippen LogP contribution in [-0.2, 0) is 0 Å². The van der Waals surface area contributed by atoms with E-state index in [-0.39, 0.29) is 0 Å². The fourth-order valence-corrected chi connectivity index (χ4v) is 0.125. The summed E-state index contributed by atoms with van der Waals surface area (Å²) < 4.78 is 0. The van der Waals surface area contributed by atoms with Gasteiger partial charge in [-0.15, -0.1) is 12.3 Å². The van der Waals surface area contributed by atoms with Crippen molar-refractivity contribution in [1.82, 2.24) is 0 Å². The molecular weight excluding hydrogens is 80.1 g/mol. The Morgan fingerprint density at radius 1 is 1.80 bits per heavy atom. The van der Waals surface area contributed by atoms with Crippen molar-refractivity contribution < 1.29 is 0 Å². The van der Waals surface area contributed by atoms with Crippen LogP contribution in [0.5, 0.6) is 0 Å². The highest BCUT2D eigenvalue weighted by atomic mass is 32.1. The van der Waals surface area contributed by atoms with Crippen LogP contribution < -0.4 is 0 Å². The van der Waals surface area contributed by atoms with E-state index < -0.39 is 0 Å². The average molecular weight is 83.1 g/mol. The number of hydrogen-bond acceptors (Lipinski definition) is 1. The summed E-state index contributed by atoms with van der Waals surface area (Å²) in [6, 6.07) is 0. The summed E-state index contributed by atoms with van der Waals surface area (Å²) in [5.41, 5.74) is 0. The second kappa shape index (κ2) is 3.65. The lowest BCUT2D eigenvalue weighted by molar-refractivity contribution is 1.70. The zero-order valence-electron chi connectivity index (χ0n) is 2.69. The molecule has 0 aromatic heterocycles. The third kappa shape index (κ3) is 3.65. The summed E-state index contributed by atoms with van der Waals surface area (Å²) in [6.07, 6.45) is 5.24. The first-order valence-electron chi connectivity index (χ1n) is 1.20. The molecule has 1 radical (unpaired) electrons. The zero-order valence-corrected chi connectivity index (χ0v) is 3.51. The van der Waals surface area contributed by atoms with Crippen molar-refractivity contribution in [1.29, 1.82) is 0 Å². The second-order valence-corrected chi connectivity index (χ2v) is 0.814. The van der Waals surface area contributed by atoms with Gasteiger partial charge in [0.15, 0.2) is 0 Å². The van der Waals surface area contributed by atoms with Gasteiger partial charge in [0.2, 0.25) is 0 Å². The monoisotopic (exact) mass is 83.0 g/mol. The number of hydrogen-bond donors (Lipinski definition) is 0. The molecule has 0 spiro atoms. The van der Waals surface area contributed by atoms with E-state index in [9.17, 15) is 0 Å². The Morgan fingerprint density at radius 3 is 2.40 bits per heavy atom. The molecular formula is C4H3S. The SMILES string of the molecule is C#CC[C]=S. The quantitative estimate of drug-likeness (QED) is 0.335. The Labute approximate surface area is 37.2 Å². The lowest BCUT2D eigenvalue weighted by atomic mass is 10.5. The molecule has 0 rings (SSSR count). The number of thiocarbonyl (C=S) groups is 1. The Kier molecular flexibility index (Phi) is 3.39. The maximum atomic E-state index is 4.76. The van der Waals surface area contributed by atoms with Crippen LogP contribution in [0.4, 0.5) is 0 Å². The molecule has 0 saturated carbocycles. The van der Waals surface area contributed by atoms with Gasteiger partial charge >= 0.3 is 0 Å². The molecule has 0 aliphatic carbocycles. The fourth-order valence-electron chi connectivity index (χ4n) is 0.0417. The topological polar surface area (TPSA) is 0 Å². The first-order valence-corrected chi connectivity index (χ1v) is 1.61. The smallest absolute Gasteiger partial charge is 0.0451 e. The van der Waals surface area contributed by atoms with Crippen molar-refractivity contribution in [3.8, 4) is 12.3 Å². The van der Waals surface area contributed by atoms with Crippen LogP contribution in [0.3, 0.4) is 0 Å². The lowest BCUT2D eigenvalue weighted by Gasteiger charge is -1.56. The summed E-state index contributed by atoms with van der Waals surface area (Å²) in [5.74, 6) is 2.30. The predicted molar refractivity (Wildman–Crippen MR) is 26.0 cm³/mol.